The molecule has 1 aromatic rings. The SMILES string of the molecule is CC1CC2C(CC[C@]3(C)C(c4cccnc4)=CCC23)[C@@]2(C)CCC(C)(O)CC12. The number of nitrogens with zero attached hydrogens (tertiary/aromatic N) is 1. The zero-order valence-electron chi connectivity index (χ0n) is 18.1. The van der Waals surface area contributed by atoms with Crippen molar-refractivity contribution in [2.75, 3.05) is 0 Å². The topological polar surface area (TPSA) is 33.1 Å². The Bertz CT molecular complexity index is 783. The second kappa shape index (κ2) is 6.17. The fourth-order valence-corrected chi connectivity index (χ4v) is 8.41. The van der Waals surface area contributed by atoms with Crippen molar-refractivity contribution in [3.05, 3.63) is 36.2 Å². The third kappa shape index (κ3) is 2.59. The normalized spacial score (nSPS) is 50.3. The fourth-order valence-electron chi connectivity index (χ4n) is 8.41. The van der Waals surface area contributed by atoms with Crippen LogP contribution in [0.3, 0.4) is 0 Å². The predicted molar refractivity (Wildman–Crippen MR) is 114 cm³/mol. The van der Waals surface area contributed by atoms with Crippen molar-refractivity contribution in [1.82, 2.24) is 4.98 Å². The van der Waals surface area contributed by atoms with Crippen LogP contribution in [-0.4, -0.2) is 15.7 Å². The number of hydrogen-bond acceptors (Lipinski definition) is 2. The Hall–Kier alpha value is -1.15. The molecule has 152 valence electrons. The van der Waals surface area contributed by atoms with Gasteiger partial charge in [-0.1, -0.05) is 32.9 Å². The average molecular weight is 380 g/mol. The largest absolute Gasteiger partial charge is 0.390 e. The summed E-state index contributed by atoms with van der Waals surface area (Å²) in [5, 5.41) is 10.8. The molecule has 2 heteroatoms. The van der Waals surface area contributed by atoms with Gasteiger partial charge in [0.1, 0.15) is 0 Å². The number of hydrogen-bond donors (Lipinski definition) is 1. The summed E-state index contributed by atoms with van der Waals surface area (Å²) in [6, 6.07) is 4.34. The van der Waals surface area contributed by atoms with E-state index in [2.05, 4.69) is 57.1 Å². The highest BCUT2D eigenvalue weighted by atomic mass is 16.3. The molecule has 4 aliphatic carbocycles. The number of aromatic nitrogens is 1. The molecule has 28 heavy (non-hydrogen) atoms. The highest BCUT2D eigenvalue weighted by molar-refractivity contribution is 5.72. The van der Waals surface area contributed by atoms with Crippen molar-refractivity contribution >= 4 is 5.57 Å². The Kier molecular flexibility index (Phi) is 4.16. The van der Waals surface area contributed by atoms with Crippen LogP contribution < -0.4 is 0 Å². The molecule has 2 nitrogen and oxygen atoms in total. The van der Waals surface area contributed by atoms with Crippen LogP contribution in [-0.2, 0) is 0 Å². The molecule has 0 spiro atoms. The van der Waals surface area contributed by atoms with Crippen molar-refractivity contribution < 1.29 is 5.11 Å². The van der Waals surface area contributed by atoms with Crippen LogP contribution in [0.25, 0.3) is 5.57 Å². The van der Waals surface area contributed by atoms with Crippen LogP contribution in [0.4, 0.5) is 0 Å². The van der Waals surface area contributed by atoms with Crippen molar-refractivity contribution in [2.45, 2.75) is 78.2 Å². The van der Waals surface area contributed by atoms with Crippen LogP contribution in [0.1, 0.15) is 78.2 Å². The van der Waals surface area contributed by atoms with Crippen molar-refractivity contribution in [3.8, 4) is 0 Å². The first-order valence-electron chi connectivity index (χ1n) is 11.6. The lowest BCUT2D eigenvalue weighted by atomic mass is 9.42. The van der Waals surface area contributed by atoms with Gasteiger partial charge in [-0.05, 0) is 109 Å². The summed E-state index contributed by atoms with van der Waals surface area (Å²) in [5.41, 5.74) is 3.19. The molecule has 1 N–H and O–H groups in total. The van der Waals surface area contributed by atoms with E-state index in [0.717, 1.165) is 36.5 Å². The van der Waals surface area contributed by atoms with Crippen LogP contribution in [0.15, 0.2) is 30.6 Å². The Morgan fingerprint density at radius 1 is 1.07 bits per heavy atom. The maximum atomic E-state index is 10.8. The van der Waals surface area contributed by atoms with Gasteiger partial charge >= 0.3 is 0 Å². The molecule has 1 heterocycles. The van der Waals surface area contributed by atoms with Crippen molar-refractivity contribution in [1.29, 1.82) is 0 Å². The van der Waals surface area contributed by atoms with Gasteiger partial charge < -0.3 is 5.11 Å². The molecule has 1 aromatic heterocycles. The standard InChI is InChI=1S/C26H37NO/c1-17-14-19-21-8-7-20(18-6-5-13-27-16-18)25(21,3)10-9-22(19)26(4)12-11-24(2,28)15-23(17)26/h5-7,13,16-17,19,21-23,28H,8-12,14-15H2,1-4H3/t17?,19?,21?,22?,23?,24?,25-,26-/m1/s1. The average Bonchev–Trinajstić information content (AvgIpc) is 3.01. The van der Waals surface area contributed by atoms with Gasteiger partial charge in [0.05, 0.1) is 5.60 Å². The molecule has 0 aliphatic heterocycles. The lowest BCUT2D eigenvalue weighted by Crippen LogP contribution is -2.57. The molecule has 5 rings (SSSR count). The Morgan fingerprint density at radius 3 is 2.64 bits per heavy atom. The van der Waals surface area contributed by atoms with Crippen LogP contribution in [0.2, 0.25) is 0 Å². The molecule has 0 saturated heterocycles. The van der Waals surface area contributed by atoms with E-state index in [1.165, 1.54) is 37.7 Å². The first-order valence-corrected chi connectivity index (χ1v) is 11.6. The second-order valence-corrected chi connectivity index (χ2v) is 11.5. The summed E-state index contributed by atoms with van der Waals surface area (Å²) < 4.78 is 0. The van der Waals surface area contributed by atoms with E-state index in [1.54, 1.807) is 5.57 Å². The zero-order chi connectivity index (χ0) is 19.7. The highest BCUT2D eigenvalue weighted by Crippen LogP contribution is 2.68. The molecule has 0 radical (unpaired) electrons. The van der Waals surface area contributed by atoms with Gasteiger partial charge in [0.2, 0.25) is 0 Å². The minimum absolute atomic E-state index is 0.313. The quantitative estimate of drug-likeness (QED) is 0.638. The summed E-state index contributed by atoms with van der Waals surface area (Å²) in [6.45, 7) is 9.69. The Labute approximate surface area is 170 Å². The third-order valence-corrected chi connectivity index (χ3v) is 9.88. The first-order chi connectivity index (χ1) is 13.2. The number of fused-ring (bicyclic) bond motifs is 5. The van der Waals surface area contributed by atoms with Crippen LogP contribution in [0, 0.1) is 40.4 Å². The van der Waals surface area contributed by atoms with E-state index >= 15 is 0 Å². The molecule has 0 bridgehead atoms. The second-order valence-electron chi connectivity index (χ2n) is 11.5. The zero-order valence-corrected chi connectivity index (χ0v) is 18.1. The fraction of sp³-hybridized carbons (Fsp3) is 0.731. The number of rotatable bonds is 1. The van der Waals surface area contributed by atoms with Gasteiger partial charge in [0.25, 0.3) is 0 Å². The first kappa shape index (κ1) is 18.9. The number of pyridine rings is 1. The van der Waals surface area contributed by atoms with E-state index in [-0.39, 0.29) is 0 Å². The van der Waals surface area contributed by atoms with Gasteiger partial charge in [0.15, 0.2) is 0 Å². The lowest BCUT2D eigenvalue weighted by molar-refractivity contribution is -0.158. The summed E-state index contributed by atoms with van der Waals surface area (Å²) in [5.74, 6) is 3.87. The predicted octanol–water partition coefficient (Wildman–Crippen LogP) is 6.11. The maximum Gasteiger partial charge on any atom is 0.0623 e. The minimum Gasteiger partial charge on any atom is -0.390 e. The van der Waals surface area contributed by atoms with Crippen molar-refractivity contribution in [2.24, 2.45) is 40.4 Å². The van der Waals surface area contributed by atoms with Gasteiger partial charge in [-0.25, -0.2) is 0 Å². The maximum absolute atomic E-state index is 10.8. The molecule has 3 saturated carbocycles. The molecule has 8 atom stereocenters. The highest BCUT2D eigenvalue weighted by Gasteiger charge is 2.61. The van der Waals surface area contributed by atoms with E-state index < -0.39 is 5.60 Å². The van der Waals surface area contributed by atoms with Crippen molar-refractivity contribution in [3.63, 3.8) is 0 Å². The third-order valence-electron chi connectivity index (χ3n) is 9.88. The van der Waals surface area contributed by atoms with E-state index in [0.29, 0.717) is 16.7 Å². The van der Waals surface area contributed by atoms with Crippen LogP contribution in [0.5, 0.6) is 0 Å². The van der Waals surface area contributed by atoms with E-state index in [4.69, 9.17) is 0 Å². The molecule has 0 amide bonds. The Morgan fingerprint density at radius 2 is 1.89 bits per heavy atom. The smallest absolute Gasteiger partial charge is 0.0623 e. The van der Waals surface area contributed by atoms with E-state index in [9.17, 15) is 5.11 Å². The van der Waals surface area contributed by atoms with Gasteiger partial charge in [-0.3, -0.25) is 4.98 Å². The summed E-state index contributed by atoms with van der Waals surface area (Å²) in [7, 11) is 0. The summed E-state index contributed by atoms with van der Waals surface area (Å²) in [4.78, 5) is 4.41. The molecule has 0 aromatic carbocycles. The molecule has 4 aliphatic rings. The number of aliphatic hydroxyl groups is 1. The number of allylic oxidation sites excluding steroid dienone is 2. The summed E-state index contributed by atoms with van der Waals surface area (Å²) in [6.07, 6.45) is 15.0. The van der Waals surface area contributed by atoms with Gasteiger partial charge in [0, 0.05) is 12.4 Å². The Balaban J connectivity index is 1.46. The molecule has 3 fully saturated rings. The monoisotopic (exact) mass is 379 g/mol. The van der Waals surface area contributed by atoms with Gasteiger partial charge in [-0.15, -0.1) is 0 Å². The van der Waals surface area contributed by atoms with Gasteiger partial charge in [-0.2, -0.15) is 0 Å². The molecular formula is C26H37NO. The van der Waals surface area contributed by atoms with E-state index in [1.807, 2.05) is 6.20 Å². The van der Waals surface area contributed by atoms with Crippen LogP contribution >= 0.6 is 0 Å². The molecule has 6 unspecified atom stereocenters. The lowest BCUT2D eigenvalue weighted by Gasteiger charge is -2.63. The molecular weight excluding hydrogens is 342 g/mol. The summed E-state index contributed by atoms with van der Waals surface area (Å²) >= 11 is 0. The minimum atomic E-state index is -0.448.